The van der Waals surface area contributed by atoms with Crippen LogP contribution in [-0.4, -0.2) is 0 Å². The van der Waals surface area contributed by atoms with Crippen LogP contribution >= 0.6 is 0 Å². The molecule has 1 aromatic heterocycles. The van der Waals surface area contributed by atoms with E-state index in [0.29, 0.717) is 0 Å². The van der Waals surface area contributed by atoms with Gasteiger partial charge in [0.2, 0.25) is 0 Å². The number of para-hydroxylation sites is 6. The number of nitrogens with zero attached hydrogens (tertiary/aromatic N) is 3. The van der Waals surface area contributed by atoms with E-state index in [1.165, 1.54) is 66.8 Å². The topological polar surface area (TPSA) is 22.9 Å². The van der Waals surface area contributed by atoms with Gasteiger partial charge in [-0.2, -0.15) is 0 Å². The molecule has 0 bridgehead atoms. The molecule has 4 heteroatoms. The lowest BCUT2D eigenvalue weighted by Crippen LogP contribution is -2.36. The van der Waals surface area contributed by atoms with Gasteiger partial charge in [0.15, 0.2) is 5.58 Å². The average molecular weight is 1060 g/mol. The Morgan fingerprint density at radius 2 is 0.829 bits per heavy atom. The summed E-state index contributed by atoms with van der Waals surface area (Å²) < 4.78 is 7.50. The second-order valence-electron chi connectivity index (χ2n) is 25.3. The Morgan fingerprint density at radius 1 is 0.390 bits per heavy atom. The van der Waals surface area contributed by atoms with Gasteiger partial charge >= 0.3 is 0 Å². The summed E-state index contributed by atoms with van der Waals surface area (Å²) in [5.74, 6) is 0. The first kappa shape index (κ1) is 49.6. The molecule has 15 rings (SSSR count). The maximum Gasteiger partial charge on any atom is 0.160 e. The van der Waals surface area contributed by atoms with Crippen LogP contribution in [0.25, 0.3) is 44.2 Å². The molecule has 1 aliphatic heterocycles. The summed E-state index contributed by atoms with van der Waals surface area (Å²) in [5, 5.41) is 2.20. The van der Waals surface area contributed by atoms with Crippen molar-refractivity contribution in [3.8, 4) is 22.3 Å². The fraction of sp³-hybridized carbons (Fsp3) is 0.154. The Bertz CT molecular complexity index is 4440. The van der Waals surface area contributed by atoms with Crippen LogP contribution in [0.1, 0.15) is 99.9 Å². The van der Waals surface area contributed by atoms with Crippen molar-refractivity contribution in [3.63, 3.8) is 0 Å². The SMILES string of the molecule is CC(C)(C)c1ccc(N(c2ccccc2)c2cc3c(c4c2C(C)(C)c2ccccc2-4)-c2c(cc(N(c4ccccc4)c4ccc(C(C)(C)C)cc4)c4oc5ccccc5c24)C32c3ccccc3N(c3ccccc3)c3ccccc32)cc1. The highest BCUT2D eigenvalue weighted by Crippen LogP contribution is 2.70. The first-order valence-electron chi connectivity index (χ1n) is 29.0. The summed E-state index contributed by atoms with van der Waals surface area (Å²) in [6.07, 6.45) is 0. The van der Waals surface area contributed by atoms with Crippen LogP contribution in [0.2, 0.25) is 0 Å². The lowest BCUT2D eigenvalue weighted by atomic mass is 9.64. The molecule has 2 heterocycles. The molecule has 82 heavy (non-hydrogen) atoms. The van der Waals surface area contributed by atoms with Crippen molar-refractivity contribution in [2.45, 2.75) is 77.0 Å². The molecule has 0 radical (unpaired) electrons. The van der Waals surface area contributed by atoms with Crippen LogP contribution in [0.15, 0.2) is 253 Å². The van der Waals surface area contributed by atoms with E-state index in [1.807, 2.05) is 0 Å². The van der Waals surface area contributed by atoms with Crippen LogP contribution in [0.4, 0.5) is 51.2 Å². The van der Waals surface area contributed by atoms with Crippen molar-refractivity contribution < 1.29 is 4.42 Å². The Labute approximate surface area is 482 Å². The first-order valence-corrected chi connectivity index (χ1v) is 29.0. The minimum Gasteiger partial charge on any atom is -0.454 e. The van der Waals surface area contributed by atoms with Crippen LogP contribution in [0.5, 0.6) is 0 Å². The Hall–Kier alpha value is -9.38. The van der Waals surface area contributed by atoms with Gasteiger partial charge in [0.25, 0.3) is 0 Å². The predicted molar refractivity (Wildman–Crippen MR) is 344 cm³/mol. The van der Waals surface area contributed by atoms with E-state index >= 15 is 0 Å². The van der Waals surface area contributed by atoms with E-state index in [0.717, 1.165) is 73.1 Å². The zero-order chi connectivity index (χ0) is 55.9. The molecule has 11 aromatic carbocycles. The monoisotopic (exact) mass is 1060 g/mol. The number of furan rings is 1. The van der Waals surface area contributed by atoms with Crippen molar-refractivity contribution in [2.75, 3.05) is 14.7 Å². The zero-order valence-electron chi connectivity index (χ0n) is 47.9. The molecule has 0 amide bonds. The van der Waals surface area contributed by atoms with Gasteiger partial charge in [-0.1, -0.05) is 213 Å². The van der Waals surface area contributed by atoms with E-state index in [9.17, 15) is 0 Å². The van der Waals surface area contributed by atoms with Gasteiger partial charge in [0, 0.05) is 44.6 Å². The van der Waals surface area contributed by atoms with Crippen molar-refractivity contribution >= 4 is 73.1 Å². The van der Waals surface area contributed by atoms with Crippen LogP contribution in [0.3, 0.4) is 0 Å². The normalized spacial score (nSPS) is 14.3. The summed E-state index contributed by atoms with van der Waals surface area (Å²) in [7, 11) is 0. The number of rotatable bonds is 7. The number of anilines is 9. The van der Waals surface area contributed by atoms with Crippen molar-refractivity contribution in [2.24, 2.45) is 0 Å². The van der Waals surface area contributed by atoms with E-state index in [-0.39, 0.29) is 10.8 Å². The standard InChI is InChI=1S/C78H65N3O/c1-75(2,3)50-40-44-55(45-41-50)79(52-26-12-9-13-27-52)66-48-62-71(69-57-32-18-20-34-59(57)77(7,8)73(66)69)72-63(78(62)60-35-21-23-37-64(60)81(54-30-16-11-17-31-54)65-38-24-22-36-61(65)78)49-67(74-70(72)58-33-19-25-39-68(58)82-74)80(53-28-14-10-15-29-53)56-46-42-51(43-47-56)76(4,5)6/h9-49H,1-8H3. The number of hydrogen-bond acceptors (Lipinski definition) is 4. The van der Waals surface area contributed by atoms with Crippen LogP contribution in [0, 0.1) is 0 Å². The molecule has 12 aromatic rings. The molecule has 3 aliphatic rings. The molecule has 0 fully saturated rings. The zero-order valence-corrected chi connectivity index (χ0v) is 47.9. The second-order valence-corrected chi connectivity index (χ2v) is 25.3. The maximum atomic E-state index is 7.50. The molecule has 0 N–H and O–H groups in total. The van der Waals surface area contributed by atoms with E-state index in [2.05, 4.69) is 319 Å². The number of hydrogen-bond donors (Lipinski definition) is 0. The first-order chi connectivity index (χ1) is 39.7. The fourth-order valence-electron chi connectivity index (χ4n) is 14.3. The lowest BCUT2D eigenvalue weighted by molar-refractivity contribution is 0.590. The summed E-state index contributed by atoms with van der Waals surface area (Å²) in [6, 6.07) is 93.0. The third kappa shape index (κ3) is 7.16. The van der Waals surface area contributed by atoms with Crippen LogP contribution in [-0.2, 0) is 21.7 Å². The Kier molecular flexibility index (Phi) is 10.9. The van der Waals surface area contributed by atoms with Gasteiger partial charge < -0.3 is 19.1 Å². The van der Waals surface area contributed by atoms with E-state index in [1.54, 1.807) is 0 Å². The fourth-order valence-corrected chi connectivity index (χ4v) is 14.3. The van der Waals surface area contributed by atoms with Gasteiger partial charge in [-0.15, -0.1) is 0 Å². The van der Waals surface area contributed by atoms with Gasteiger partial charge in [-0.25, -0.2) is 0 Å². The molecular formula is C78H65N3O. The van der Waals surface area contributed by atoms with Crippen molar-refractivity contribution in [1.82, 2.24) is 0 Å². The lowest BCUT2D eigenvalue weighted by Gasteiger charge is -2.45. The summed E-state index contributed by atoms with van der Waals surface area (Å²) in [6.45, 7) is 18.7. The molecule has 0 unspecified atom stereocenters. The third-order valence-electron chi connectivity index (χ3n) is 18.1. The highest BCUT2D eigenvalue weighted by atomic mass is 16.3. The summed E-state index contributed by atoms with van der Waals surface area (Å²) >= 11 is 0. The van der Waals surface area contributed by atoms with Crippen molar-refractivity contribution in [3.05, 3.63) is 293 Å². The largest absolute Gasteiger partial charge is 0.454 e. The molecule has 0 saturated heterocycles. The predicted octanol–water partition coefficient (Wildman–Crippen LogP) is 21.6. The minimum atomic E-state index is -0.882. The average Bonchev–Trinajstić information content (AvgIpc) is 1.88. The second kappa shape index (κ2) is 18.1. The summed E-state index contributed by atoms with van der Waals surface area (Å²) in [4.78, 5) is 7.49. The summed E-state index contributed by atoms with van der Waals surface area (Å²) in [5.41, 5.74) is 25.3. The van der Waals surface area contributed by atoms with E-state index < -0.39 is 10.8 Å². The number of fused-ring (bicyclic) bond motifs is 17. The maximum absolute atomic E-state index is 7.50. The van der Waals surface area contributed by atoms with Gasteiger partial charge in [-0.05, 0) is 169 Å². The third-order valence-corrected chi connectivity index (χ3v) is 18.1. The quantitative estimate of drug-likeness (QED) is 0.159. The van der Waals surface area contributed by atoms with Gasteiger partial charge in [0.1, 0.15) is 5.58 Å². The molecular weight excluding hydrogens is 995 g/mol. The van der Waals surface area contributed by atoms with Gasteiger partial charge in [-0.3, -0.25) is 0 Å². The molecule has 0 saturated carbocycles. The smallest absolute Gasteiger partial charge is 0.160 e. The molecule has 4 nitrogen and oxygen atoms in total. The molecule has 1 spiro atoms. The molecule has 0 atom stereocenters. The molecule has 2 aliphatic carbocycles. The highest BCUT2D eigenvalue weighted by Gasteiger charge is 2.56. The highest BCUT2D eigenvalue weighted by molar-refractivity contribution is 6.22. The number of benzene rings is 11. The molecule has 398 valence electrons. The van der Waals surface area contributed by atoms with E-state index in [4.69, 9.17) is 4.42 Å². The Morgan fingerprint density at radius 3 is 1.39 bits per heavy atom. The van der Waals surface area contributed by atoms with Gasteiger partial charge in [0.05, 0.1) is 28.2 Å². The van der Waals surface area contributed by atoms with Crippen molar-refractivity contribution in [1.29, 1.82) is 0 Å². The minimum absolute atomic E-state index is 0.0183. The Balaban J connectivity index is 1.17. The van der Waals surface area contributed by atoms with Crippen LogP contribution < -0.4 is 14.7 Å².